The second-order valence-electron chi connectivity index (χ2n) is 5.91. The van der Waals surface area contributed by atoms with Crippen molar-refractivity contribution in [3.05, 3.63) is 35.9 Å². The van der Waals surface area contributed by atoms with Crippen LogP contribution in [0.4, 0.5) is 4.79 Å². The van der Waals surface area contributed by atoms with Gasteiger partial charge in [0, 0.05) is 6.42 Å². The van der Waals surface area contributed by atoms with Crippen molar-refractivity contribution in [2.24, 2.45) is 5.73 Å². The molecule has 0 aliphatic heterocycles. The minimum Gasteiger partial charge on any atom is -0.444 e. The summed E-state index contributed by atoms with van der Waals surface area (Å²) < 4.78 is 5.24. The predicted molar refractivity (Wildman–Crippen MR) is 82.1 cm³/mol. The highest BCUT2D eigenvalue weighted by Crippen LogP contribution is 2.14. The summed E-state index contributed by atoms with van der Waals surface area (Å²) in [7, 11) is 0. The summed E-state index contributed by atoms with van der Waals surface area (Å²) in [6.45, 7) is 4.87. The molecule has 1 aromatic rings. The predicted octanol–water partition coefficient (Wildman–Crippen LogP) is 1.52. The molecule has 0 radical (unpaired) electrons. The van der Waals surface area contributed by atoms with Gasteiger partial charge in [-0.05, 0) is 26.3 Å². The number of primary amides is 1. The van der Waals surface area contributed by atoms with Crippen LogP contribution in [-0.2, 0) is 20.7 Å². The lowest BCUT2D eigenvalue weighted by atomic mass is 10.0. The lowest BCUT2D eigenvalue weighted by Crippen LogP contribution is -2.51. The van der Waals surface area contributed by atoms with Crippen LogP contribution in [0.3, 0.4) is 0 Å². The summed E-state index contributed by atoms with van der Waals surface area (Å²) >= 11 is 0. The highest BCUT2D eigenvalue weighted by molar-refractivity contribution is 5.85. The molecule has 1 unspecified atom stereocenters. The van der Waals surface area contributed by atoms with Gasteiger partial charge in [-0.2, -0.15) is 0 Å². The van der Waals surface area contributed by atoms with Crippen LogP contribution in [0, 0.1) is 0 Å². The normalized spacial score (nSPS) is 12.3. The van der Waals surface area contributed by atoms with Crippen LogP contribution in [-0.4, -0.2) is 41.4 Å². The van der Waals surface area contributed by atoms with Crippen LogP contribution < -0.4 is 5.73 Å². The van der Waals surface area contributed by atoms with Gasteiger partial charge in [0.25, 0.3) is 0 Å². The quantitative estimate of drug-likeness (QED) is 0.807. The molecule has 2 N–H and O–H groups in total. The molecule has 0 saturated heterocycles. The molecule has 1 aromatic carbocycles. The van der Waals surface area contributed by atoms with Gasteiger partial charge in [0.15, 0.2) is 0 Å². The monoisotopic (exact) mass is 306 g/mol. The van der Waals surface area contributed by atoms with Gasteiger partial charge in [-0.15, -0.1) is 0 Å². The van der Waals surface area contributed by atoms with E-state index in [1.165, 1.54) is 0 Å². The highest BCUT2D eigenvalue weighted by Gasteiger charge is 2.31. The Morgan fingerprint density at radius 1 is 1.27 bits per heavy atom. The first-order chi connectivity index (χ1) is 10.2. The van der Waals surface area contributed by atoms with E-state index < -0.39 is 23.6 Å². The molecule has 1 atom stereocenters. The molecule has 0 aromatic heterocycles. The molecular formula is C16H22N2O4. The van der Waals surface area contributed by atoms with E-state index in [-0.39, 0.29) is 13.0 Å². The van der Waals surface area contributed by atoms with Gasteiger partial charge in [-0.25, -0.2) is 4.79 Å². The van der Waals surface area contributed by atoms with E-state index in [0.717, 1.165) is 10.5 Å². The van der Waals surface area contributed by atoms with Crippen molar-refractivity contribution in [3.63, 3.8) is 0 Å². The van der Waals surface area contributed by atoms with Crippen molar-refractivity contribution < 1.29 is 19.1 Å². The standard InChI is InChI=1S/C16H22N2O4/c1-16(2,3)22-15(21)18(9-10-19)13(14(17)20)11-12-7-5-4-6-8-12/h4-8,10,13H,9,11H2,1-3H3,(H2,17,20). The molecular weight excluding hydrogens is 284 g/mol. The largest absolute Gasteiger partial charge is 0.444 e. The molecule has 2 amide bonds. The summed E-state index contributed by atoms with van der Waals surface area (Å²) in [5.41, 5.74) is 5.52. The average molecular weight is 306 g/mol. The van der Waals surface area contributed by atoms with Crippen molar-refractivity contribution in [2.45, 2.75) is 38.8 Å². The van der Waals surface area contributed by atoms with Gasteiger partial charge in [0.1, 0.15) is 17.9 Å². The number of rotatable bonds is 6. The number of carbonyl (C=O) groups excluding carboxylic acids is 3. The molecule has 120 valence electrons. The third-order valence-corrected chi connectivity index (χ3v) is 2.88. The second kappa shape index (κ2) is 7.59. The van der Waals surface area contributed by atoms with Crippen LogP contribution in [0.2, 0.25) is 0 Å². The number of hydrogen-bond acceptors (Lipinski definition) is 4. The number of nitrogens with zero attached hydrogens (tertiary/aromatic N) is 1. The van der Waals surface area contributed by atoms with Crippen molar-refractivity contribution in [3.8, 4) is 0 Å². The maximum Gasteiger partial charge on any atom is 0.411 e. The van der Waals surface area contributed by atoms with Gasteiger partial charge in [-0.1, -0.05) is 30.3 Å². The zero-order valence-corrected chi connectivity index (χ0v) is 13.1. The fourth-order valence-corrected chi connectivity index (χ4v) is 1.93. The van der Waals surface area contributed by atoms with Crippen molar-refractivity contribution >= 4 is 18.3 Å². The number of amides is 2. The number of nitrogens with two attached hydrogens (primary N) is 1. The molecule has 6 heteroatoms. The van der Waals surface area contributed by atoms with Crippen LogP contribution in [0.5, 0.6) is 0 Å². The zero-order chi connectivity index (χ0) is 16.8. The lowest BCUT2D eigenvalue weighted by molar-refractivity contribution is -0.123. The molecule has 22 heavy (non-hydrogen) atoms. The van der Waals surface area contributed by atoms with Gasteiger partial charge < -0.3 is 15.3 Å². The molecule has 0 saturated carbocycles. The molecule has 0 aliphatic carbocycles. The number of benzene rings is 1. The van der Waals surface area contributed by atoms with E-state index in [4.69, 9.17) is 10.5 Å². The van der Waals surface area contributed by atoms with Crippen molar-refractivity contribution in [1.29, 1.82) is 0 Å². The Morgan fingerprint density at radius 2 is 1.86 bits per heavy atom. The molecule has 6 nitrogen and oxygen atoms in total. The summed E-state index contributed by atoms with van der Waals surface area (Å²) in [4.78, 5) is 35.9. The summed E-state index contributed by atoms with van der Waals surface area (Å²) in [6.07, 6.45) is 0.0352. The van der Waals surface area contributed by atoms with E-state index in [9.17, 15) is 14.4 Å². The van der Waals surface area contributed by atoms with E-state index in [1.54, 1.807) is 20.8 Å². The topological polar surface area (TPSA) is 89.7 Å². The Bertz CT molecular complexity index is 523. The van der Waals surface area contributed by atoms with Crippen molar-refractivity contribution in [2.75, 3.05) is 6.54 Å². The summed E-state index contributed by atoms with van der Waals surface area (Å²) in [5, 5.41) is 0. The van der Waals surface area contributed by atoms with Crippen LogP contribution >= 0.6 is 0 Å². The van der Waals surface area contributed by atoms with E-state index in [0.29, 0.717) is 6.29 Å². The first-order valence-electron chi connectivity index (χ1n) is 7.01. The van der Waals surface area contributed by atoms with Crippen molar-refractivity contribution in [1.82, 2.24) is 4.90 Å². The first-order valence-corrected chi connectivity index (χ1v) is 7.01. The van der Waals surface area contributed by atoms with Crippen LogP contribution in [0.15, 0.2) is 30.3 Å². The second-order valence-corrected chi connectivity index (χ2v) is 5.91. The Labute approximate surface area is 130 Å². The Hall–Kier alpha value is -2.37. The fourth-order valence-electron chi connectivity index (χ4n) is 1.93. The number of carbonyl (C=O) groups is 3. The lowest BCUT2D eigenvalue weighted by Gasteiger charge is -2.30. The average Bonchev–Trinajstić information content (AvgIpc) is 2.41. The minimum absolute atomic E-state index is 0.225. The maximum atomic E-state index is 12.2. The summed E-state index contributed by atoms with van der Waals surface area (Å²) in [5.74, 6) is -0.684. The summed E-state index contributed by atoms with van der Waals surface area (Å²) in [6, 6.07) is 8.20. The molecule has 0 fully saturated rings. The Balaban J connectivity index is 2.99. The minimum atomic E-state index is -0.942. The molecule has 0 heterocycles. The third kappa shape index (κ3) is 5.55. The van der Waals surface area contributed by atoms with Crippen LogP contribution in [0.25, 0.3) is 0 Å². The van der Waals surface area contributed by atoms with Gasteiger partial charge in [0.2, 0.25) is 5.91 Å². The zero-order valence-electron chi connectivity index (χ0n) is 13.1. The Kier molecular flexibility index (Phi) is 6.10. The molecule has 1 rings (SSSR count). The first kappa shape index (κ1) is 17.7. The molecule has 0 spiro atoms. The number of ether oxygens (including phenoxy) is 1. The van der Waals surface area contributed by atoms with Gasteiger partial charge in [0.05, 0.1) is 6.54 Å². The third-order valence-electron chi connectivity index (χ3n) is 2.88. The number of hydrogen-bond donors (Lipinski definition) is 1. The Morgan fingerprint density at radius 3 is 2.32 bits per heavy atom. The molecule has 0 aliphatic rings. The fraction of sp³-hybridized carbons (Fsp3) is 0.438. The number of aldehydes is 1. The van der Waals surface area contributed by atoms with E-state index >= 15 is 0 Å². The van der Waals surface area contributed by atoms with E-state index in [2.05, 4.69) is 0 Å². The maximum absolute atomic E-state index is 12.2. The van der Waals surface area contributed by atoms with Gasteiger partial charge >= 0.3 is 6.09 Å². The van der Waals surface area contributed by atoms with E-state index in [1.807, 2.05) is 30.3 Å². The highest BCUT2D eigenvalue weighted by atomic mass is 16.6. The van der Waals surface area contributed by atoms with Gasteiger partial charge in [-0.3, -0.25) is 9.69 Å². The van der Waals surface area contributed by atoms with Crippen LogP contribution in [0.1, 0.15) is 26.3 Å². The smallest absolute Gasteiger partial charge is 0.411 e. The molecule has 0 bridgehead atoms. The SMILES string of the molecule is CC(C)(C)OC(=O)N(CC=O)C(Cc1ccccc1)C(N)=O.